The third-order valence-electron chi connectivity index (χ3n) is 13.7. The maximum absolute atomic E-state index is 15.1. The standard InChI is InChI=1S/C50H65N3O11S/c1-29(2)62-35-16-14-33(15-17-35)44-45(61-9)40-23-36(60-8)18-19-38(40)46(51-44)64-37-24-41-42(54)27-50(48(57)52-65(58,59)49(7)20-21-49)26-34(50)13-11-10-12-31(5)22-32(6)39(47(56)53(41)28-37)25-43(55)63-30(3)4/h11,13-19,23,29-32,34,37,39,41H,10,12,20-22,24-28H2,1-9H3,(H,52,57)/b13-11-/t31-,32+,34+,37+,39-,41-,50+/m0/s1. The SMILES string of the molecule is COc1ccc2c(O[C@@H]3C[C@H]4C(=O)C[C@]5(C(=O)NS(=O)(=O)C6(C)CC6)C[C@H]5/C=C\CC[C@H](C)C[C@@H](C)[C@H](CC(=O)OC(C)C)C(=O)N4C3)nc(-c3ccc(OC(C)C)cc3)c(OC)c2c1. The first-order chi connectivity index (χ1) is 30.8. The number of Topliss-reactive ketones (excluding diaryl/α,β-unsaturated/α-hetero) is 1. The number of rotatable bonds is 13. The van der Waals surface area contributed by atoms with Crippen LogP contribution in [0.5, 0.6) is 23.1 Å². The first-order valence-corrected chi connectivity index (χ1v) is 24.5. The second kappa shape index (κ2) is 19.0. The van der Waals surface area contributed by atoms with Crippen molar-refractivity contribution >= 4 is 44.4 Å². The van der Waals surface area contributed by atoms with Gasteiger partial charge in [-0.1, -0.05) is 26.0 Å². The Kier molecular flexibility index (Phi) is 13.9. The molecule has 3 heterocycles. The molecule has 0 radical (unpaired) electrons. The van der Waals surface area contributed by atoms with E-state index in [-0.39, 0.29) is 73.3 Å². The maximum Gasteiger partial charge on any atom is 0.306 e. The Labute approximate surface area is 383 Å². The number of ether oxygens (including phenoxy) is 5. The number of amides is 2. The molecular formula is C50H65N3O11S. The average molecular weight is 916 g/mol. The van der Waals surface area contributed by atoms with E-state index in [1.807, 2.05) is 69.3 Å². The summed E-state index contributed by atoms with van der Waals surface area (Å²) in [6, 6.07) is 11.9. The predicted molar refractivity (Wildman–Crippen MR) is 246 cm³/mol. The van der Waals surface area contributed by atoms with Crippen molar-refractivity contribution in [1.82, 2.24) is 14.6 Å². The van der Waals surface area contributed by atoms with Crippen molar-refractivity contribution in [2.24, 2.45) is 29.1 Å². The molecule has 1 saturated heterocycles. The van der Waals surface area contributed by atoms with Crippen molar-refractivity contribution < 1.29 is 51.3 Å². The van der Waals surface area contributed by atoms with Gasteiger partial charge in [0.15, 0.2) is 11.5 Å². The molecule has 65 heavy (non-hydrogen) atoms. The number of sulfonamides is 1. The Balaban J connectivity index is 1.28. The van der Waals surface area contributed by atoms with E-state index in [2.05, 4.69) is 11.6 Å². The summed E-state index contributed by atoms with van der Waals surface area (Å²) >= 11 is 0. The molecule has 1 aromatic heterocycles. The lowest BCUT2D eigenvalue weighted by molar-refractivity contribution is -0.154. The summed E-state index contributed by atoms with van der Waals surface area (Å²) in [6.07, 6.45) is 5.75. The number of methoxy groups -OCH3 is 2. The van der Waals surface area contributed by atoms with Crippen LogP contribution in [-0.2, 0) is 33.9 Å². The van der Waals surface area contributed by atoms with E-state index >= 15 is 4.79 Å². The number of fused-ring (bicyclic) bond motifs is 3. The fourth-order valence-electron chi connectivity index (χ4n) is 9.55. The lowest BCUT2D eigenvalue weighted by Crippen LogP contribution is -2.48. The van der Waals surface area contributed by atoms with Gasteiger partial charge in [0.1, 0.15) is 23.3 Å². The quantitative estimate of drug-likeness (QED) is 0.129. The fraction of sp³-hybridized carbons (Fsp3) is 0.580. The van der Waals surface area contributed by atoms with Crippen molar-refractivity contribution in [2.45, 2.75) is 135 Å². The molecule has 7 atom stereocenters. The van der Waals surface area contributed by atoms with Crippen molar-refractivity contribution in [3.63, 3.8) is 0 Å². The molecule has 15 heteroatoms. The Bertz CT molecular complexity index is 2430. The van der Waals surface area contributed by atoms with Gasteiger partial charge in [-0.05, 0) is 133 Å². The van der Waals surface area contributed by atoms with Crippen LogP contribution < -0.4 is 23.7 Å². The number of hydrogen-bond acceptors (Lipinski definition) is 12. The predicted octanol–water partition coefficient (Wildman–Crippen LogP) is 7.99. The molecule has 352 valence electrons. The molecule has 2 aromatic carbocycles. The molecule has 14 nitrogen and oxygen atoms in total. The first-order valence-electron chi connectivity index (χ1n) is 23.0. The highest BCUT2D eigenvalue weighted by atomic mass is 32.2. The van der Waals surface area contributed by atoms with Crippen molar-refractivity contribution in [3.8, 4) is 34.4 Å². The third kappa shape index (κ3) is 10.3. The number of carbonyl (C=O) groups is 4. The highest BCUT2D eigenvalue weighted by Crippen LogP contribution is 2.58. The number of allylic oxidation sites excluding steroid dienone is 2. The summed E-state index contributed by atoms with van der Waals surface area (Å²) in [5.74, 6) is -1.19. The summed E-state index contributed by atoms with van der Waals surface area (Å²) in [5.41, 5.74) is -0.0937. The van der Waals surface area contributed by atoms with E-state index in [0.29, 0.717) is 65.8 Å². The number of ketones is 1. The highest BCUT2D eigenvalue weighted by molar-refractivity contribution is 7.91. The van der Waals surface area contributed by atoms with Gasteiger partial charge in [0.05, 0.1) is 61.5 Å². The van der Waals surface area contributed by atoms with E-state index < -0.39 is 50.1 Å². The fourth-order valence-corrected chi connectivity index (χ4v) is 10.9. The number of aromatic nitrogens is 1. The number of nitrogens with zero attached hydrogens (tertiary/aromatic N) is 2. The Hall–Kier alpha value is -5.18. The van der Waals surface area contributed by atoms with Gasteiger partial charge in [0, 0.05) is 29.2 Å². The van der Waals surface area contributed by atoms with Gasteiger partial charge in [-0.2, -0.15) is 0 Å². The summed E-state index contributed by atoms with van der Waals surface area (Å²) in [6.45, 7) is 13.1. The first kappa shape index (κ1) is 47.8. The molecule has 3 fully saturated rings. The van der Waals surface area contributed by atoms with Gasteiger partial charge in [-0.15, -0.1) is 0 Å². The number of nitrogens with one attached hydrogen (secondary N) is 1. The van der Waals surface area contributed by atoms with Gasteiger partial charge < -0.3 is 28.6 Å². The molecule has 7 rings (SSSR count). The molecule has 2 aliphatic carbocycles. The molecule has 0 bridgehead atoms. The van der Waals surface area contributed by atoms with E-state index in [0.717, 1.165) is 12.0 Å². The molecule has 1 N–H and O–H groups in total. The Morgan fingerprint density at radius 2 is 1.65 bits per heavy atom. The molecular weight excluding hydrogens is 851 g/mol. The van der Waals surface area contributed by atoms with Crippen molar-refractivity contribution in [3.05, 3.63) is 54.6 Å². The summed E-state index contributed by atoms with van der Waals surface area (Å²) < 4.78 is 58.0. The van der Waals surface area contributed by atoms with Gasteiger partial charge in [0.25, 0.3) is 0 Å². The van der Waals surface area contributed by atoms with Crippen LogP contribution in [0.2, 0.25) is 0 Å². The largest absolute Gasteiger partial charge is 0.497 e. The number of benzene rings is 2. The highest BCUT2D eigenvalue weighted by Gasteiger charge is 2.62. The van der Waals surface area contributed by atoms with E-state index in [4.69, 9.17) is 28.7 Å². The van der Waals surface area contributed by atoms with Crippen LogP contribution in [0.15, 0.2) is 54.6 Å². The topological polar surface area (TPSA) is 177 Å². The zero-order chi connectivity index (χ0) is 47.0. The minimum atomic E-state index is -3.99. The number of esters is 1. The smallest absolute Gasteiger partial charge is 0.306 e. The molecule has 0 spiro atoms. The molecule has 4 aliphatic rings. The Morgan fingerprint density at radius 3 is 2.29 bits per heavy atom. The number of hydrogen-bond donors (Lipinski definition) is 1. The van der Waals surface area contributed by atoms with Crippen molar-refractivity contribution in [2.75, 3.05) is 20.8 Å². The monoisotopic (exact) mass is 915 g/mol. The molecule has 2 amide bonds. The summed E-state index contributed by atoms with van der Waals surface area (Å²) in [5, 5.41) is 1.27. The van der Waals surface area contributed by atoms with Gasteiger partial charge in [0.2, 0.25) is 27.7 Å². The lowest BCUT2D eigenvalue weighted by Gasteiger charge is -2.32. The van der Waals surface area contributed by atoms with Crippen LogP contribution in [0.3, 0.4) is 0 Å². The molecule has 2 aliphatic heterocycles. The minimum Gasteiger partial charge on any atom is -0.497 e. The van der Waals surface area contributed by atoms with Crippen LogP contribution in [0, 0.1) is 29.1 Å². The van der Waals surface area contributed by atoms with Gasteiger partial charge in [-0.3, -0.25) is 23.9 Å². The second-order valence-electron chi connectivity index (χ2n) is 19.6. The zero-order valence-corrected chi connectivity index (χ0v) is 40.0. The number of pyridine rings is 1. The van der Waals surface area contributed by atoms with Crippen LogP contribution in [0.4, 0.5) is 0 Å². The maximum atomic E-state index is 15.1. The summed E-state index contributed by atoms with van der Waals surface area (Å²) in [4.78, 5) is 64.2. The van der Waals surface area contributed by atoms with Crippen molar-refractivity contribution in [1.29, 1.82) is 0 Å². The van der Waals surface area contributed by atoms with Crippen LogP contribution in [-0.4, -0.2) is 91.7 Å². The van der Waals surface area contributed by atoms with Crippen LogP contribution in [0.1, 0.15) is 106 Å². The zero-order valence-electron chi connectivity index (χ0n) is 39.2. The second-order valence-corrected chi connectivity index (χ2v) is 21.7. The minimum absolute atomic E-state index is 0.00949. The molecule has 0 unspecified atom stereocenters. The van der Waals surface area contributed by atoms with Gasteiger partial charge >= 0.3 is 5.97 Å². The number of carbonyl (C=O) groups excluding carboxylic acids is 4. The molecule has 2 saturated carbocycles. The van der Waals surface area contributed by atoms with E-state index in [9.17, 15) is 22.8 Å². The van der Waals surface area contributed by atoms with Crippen LogP contribution in [0.25, 0.3) is 22.0 Å². The lowest BCUT2D eigenvalue weighted by atomic mass is 9.82. The van der Waals surface area contributed by atoms with Gasteiger partial charge in [-0.25, -0.2) is 13.4 Å². The van der Waals surface area contributed by atoms with E-state index in [1.165, 1.54) is 4.90 Å². The normalized spacial score (nSPS) is 27.2. The van der Waals surface area contributed by atoms with E-state index in [1.54, 1.807) is 41.1 Å². The third-order valence-corrected chi connectivity index (χ3v) is 15.8. The Morgan fingerprint density at radius 1 is 0.938 bits per heavy atom. The van der Waals surface area contributed by atoms with Crippen LogP contribution >= 0.6 is 0 Å². The average Bonchev–Trinajstić information content (AvgIpc) is 4.13. The molecule has 3 aromatic rings. The summed E-state index contributed by atoms with van der Waals surface area (Å²) in [7, 11) is -0.848.